The molecule has 0 unspecified atom stereocenters. The van der Waals surface area contributed by atoms with Crippen LogP contribution in [0.4, 0.5) is 0 Å². The van der Waals surface area contributed by atoms with Gasteiger partial charge in [-0.1, -0.05) is 20.8 Å². The molecule has 4 heteroatoms. The Kier molecular flexibility index (Phi) is 3.20. The minimum absolute atomic E-state index is 0.124. The van der Waals surface area contributed by atoms with Gasteiger partial charge in [-0.05, 0) is 50.1 Å². The Hall–Kier alpha value is -0.315. The first-order chi connectivity index (χ1) is 8.05. The lowest BCUT2D eigenvalue weighted by atomic mass is 9.76. The lowest BCUT2D eigenvalue weighted by molar-refractivity contribution is 0.00578. The smallest absolute Gasteiger partial charge is 0.399 e. The van der Waals surface area contributed by atoms with Gasteiger partial charge in [0.2, 0.25) is 0 Å². The maximum atomic E-state index is 6.13. The molecule has 0 aromatic carbocycles. The molecule has 0 spiro atoms. The highest BCUT2D eigenvalue weighted by Crippen LogP contribution is 2.38. The van der Waals surface area contributed by atoms with Gasteiger partial charge in [-0.3, -0.25) is 0 Å². The zero-order chi connectivity index (χ0) is 13.8. The molecular weight excluding hydrogens is 243 g/mol. The second kappa shape index (κ2) is 4.09. The number of hydrogen-bond donors (Lipinski definition) is 0. The number of hydrogen-bond acceptors (Lipinski definition) is 3. The van der Waals surface area contributed by atoms with Crippen LogP contribution >= 0.6 is 11.3 Å². The van der Waals surface area contributed by atoms with Crippen molar-refractivity contribution < 1.29 is 9.31 Å². The van der Waals surface area contributed by atoms with Crippen molar-refractivity contribution in [2.24, 2.45) is 0 Å². The van der Waals surface area contributed by atoms with E-state index in [0.717, 1.165) is 0 Å². The van der Waals surface area contributed by atoms with Crippen LogP contribution in [0.3, 0.4) is 0 Å². The average molecular weight is 266 g/mol. The topological polar surface area (TPSA) is 18.5 Å². The van der Waals surface area contributed by atoms with E-state index in [4.69, 9.17) is 9.31 Å². The van der Waals surface area contributed by atoms with E-state index in [0.29, 0.717) is 0 Å². The summed E-state index contributed by atoms with van der Waals surface area (Å²) in [5.41, 5.74) is 0.915. The van der Waals surface area contributed by atoms with Crippen LogP contribution in [0.25, 0.3) is 0 Å². The summed E-state index contributed by atoms with van der Waals surface area (Å²) in [5.74, 6) is 0. The van der Waals surface area contributed by atoms with Gasteiger partial charge in [-0.15, -0.1) is 0 Å². The Morgan fingerprint density at radius 3 is 2.00 bits per heavy atom. The van der Waals surface area contributed by atoms with E-state index in [1.54, 1.807) is 11.3 Å². The van der Waals surface area contributed by atoms with Gasteiger partial charge < -0.3 is 9.31 Å². The molecule has 0 aliphatic carbocycles. The van der Waals surface area contributed by atoms with Crippen LogP contribution in [0.15, 0.2) is 11.4 Å². The van der Waals surface area contributed by atoms with Crippen LogP contribution in [0.1, 0.15) is 54.0 Å². The van der Waals surface area contributed by atoms with Gasteiger partial charge in [0.1, 0.15) is 0 Å². The van der Waals surface area contributed by atoms with Gasteiger partial charge in [-0.25, -0.2) is 0 Å². The lowest BCUT2D eigenvalue weighted by Gasteiger charge is -2.32. The third kappa shape index (κ3) is 2.26. The highest BCUT2D eigenvalue weighted by Gasteiger charge is 2.53. The molecule has 0 N–H and O–H groups in total. The first kappa shape index (κ1) is 14.1. The molecular formula is C14H23BO2S. The zero-order valence-corrected chi connectivity index (χ0v) is 13.3. The summed E-state index contributed by atoms with van der Waals surface area (Å²) >= 11 is 1.73. The Morgan fingerprint density at radius 2 is 1.56 bits per heavy atom. The number of thiophene rings is 1. The monoisotopic (exact) mass is 266 g/mol. The number of rotatable bonds is 1. The summed E-state index contributed by atoms with van der Waals surface area (Å²) in [6.45, 7) is 15.1. The van der Waals surface area contributed by atoms with Crippen LogP contribution in [0, 0.1) is 0 Å². The Bertz CT molecular complexity index is 427. The van der Waals surface area contributed by atoms with E-state index >= 15 is 0 Å². The molecule has 0 saturated carbocycles. The van der Waals surface area contributed by atoms with Gasteiger partial charge >= 0.3 is 7.12 Å². The molecule has 1 aliphatic heterocycles. The fourth-order valence-electron chi connectivity index (χ4n) is 2.07. The van der Waals surface area contributed by atoms with Gasteiger partial charge in [0.25, 0.3) is 0 Å². The van der Waals surface area contributed by atoms with Gasteiger partial charge in [0.15, 0.2) is 0 Å². The molecule has 2 rings (SSSR count). The molecule has 0 amide bonds. The average Bonchev–Trinajstić information content (AvgIpc) is 2.68. The minimum Gasteiger partial charge on any atom is -0.399 e. The van der Waals surface area contributed by atoms with E-state index in [9.17, 15) is 0 Å². The first-order valence-corrected chi connectivity index (χ1v) is 7.36. The summed E-state index contributed by atoms with van der Waals surface area (Å²) < 4.78 is 13.5. The third-order valence-corrected chi connectivity index (χ3v) is 4.91. The molecule has 18 heavy (non-hydrogen) atoms. The van der Waals surface area contributed by atoms with Crippen molar-refractivity contribution in [3.05, 3.63) is 17.0 Å². The van der Waals surface area contributed by atoms with Crippen LogP contribution < -0.4 is 4.78 Å². The van der Waals surface area contributed by atoms with Crippen molar-refractivity contribution in [2.45, 2.75) is 65.1 Å². The predicted octanol–water partition coefficient (Wildman–Crippen LogP) is 3.34. The van der Waals surface area contributed by atoms with Crippen LogP contribution in [0.2, 0.25) is 0 Å². The molecule has 2 heterocycles. The summed E-state index contributed by atoms with van der Waals surface area (Å²) in [6, 6.07) is 2.19. The maximum Gasteiger partial charge on any atom is 0.505 e. The van der Waals surface area contributed by atoms with E-state index in [1.165, 1.54) is 10.3 Å². The summed E-state index contributed by atoms with van der Waals surface area (Å²) in [6.07, 6.45) is 0. The Balaban J connectivity index is 2.34. The van der Waals surface area contributed by atoms with E-state index < -0.39 is 0 Å². The summed E-state index contributed by atoms with van der Waals surface area (Å²) in [5, 5.41) is 2.13. The lowest BCUT2D eigenvalue weighted by Crippen LogP contribution is -2.41. The summed E-state index contributed by atoms with van der Waals surface area (Å²) in [7, 11) is -0.232. The van der Waals surface area contributed by atoms with Crippen molar-refractivity contribution in [3.63, 3.8) is 0 Å². The molecule has 1 fully saturated rings. The van der Waals surface area contributed by atoms with Crippen molar-refractivity contribution in [3.8, 4) is 0 Å². The van der Waals surface area contributed by atoms with Crippen molar-refractivity contribution in [1.29, 1.82) is 0 Å². The molecule has 100 valence electrons. The molecule has 1 aromatic heterocycles. The molecule has 1 aromatic rings. The van der Waals surface area contributed by atoms with Gasteiger partial charge in [0, 0.05) is 4.78 Å². The van der Waals surface area contributed by atoms with Crippen molar-refractivity contribution in [2.75, 3.05) is 0 Å². The maximum absolute atomic E-state index is 6.13. The standard InChI is InChI=1S/C14H23BO2S/c1-12(2,3)10-8-9-18-11(10)15-16-13(4,5)14(6,7)17-15/h8-9H,1-7H3. The molecule has 0 atom stereocenters. The highest BCUT2D eigenvalue weighted by atomic mass is 32.1. The molecule has 1 aliphatic rings. The highest BCUT2D eigenvalue weighted by molar-refractivity contribution is 7.21. The van der Waals surface area contributed by atoms with Gasteiger partial charge in [-0.2, -0.15) is 11.3 Å². The normalized spacial score (nSPS) is 22.5. The second-order valence-corrected chi connectivity index (χ2v) is 7.98. The summed E-state index contributed by atoms with van der Waals surface area (Å²) in [4.78, 5) is 0. The minimum atomic E-state index is -0.267. The molecule has 0 radical (unpaired) electrons. The van der Waals surface area contributed by atoms with E-state index in [-0.39, 0.29) is 23.7 Å². The quantitative estimate of drug-likeness (QED) is 0.726. The van der Waals surface area contributed by atoms with Crippen molar-refractivity contribution >= 4 is 23.2 Å². The Morgan fingerprint density at radius 1 is 1.06 bits per heavy atom. The van der Waals surface area contributed by atoms with Crippen LogP contribution in [0.5, 0.6) is 0 Å². The van der Waals surface area contributed by atoms with E-state index in [1.807, 2.05) is 0 Å². The predicted molar refractivity (Wildman–Crippen MR) is 78.7 cm³/mol. The van der Waals surface area contributed by atoms with Crippen LogP contribution in [-0.2, 0) is 14.7 Å². The molecule has 1 saturated heterocycles. The second-order valence-electron chi connectivity index (χ2n) is 7.04. The molecule has 0 bridgehead atoms. The fraction of sp³-hybridized carbons (Fsp3) is 0.714. The zero-order valence-electron chi connectivity index (χ0n) is 12.5. The SMILES string of the molecule is CC(C)(C)c1ccsc1B1OC(C)(C)C(C)(C)O1. The van der Waals surface area contributed by atoms with Gasteiger partial charge in [0.05, 0.1) is 11.2 Å². The third-order valence-electron chi connectivity index (χ3n) is 3.97. The van der Waals surface area contributed by atoms with E-state index in [2.05, 4.69) is 59.9 Å². The largest absolute Gasteiger partial charge is 0.505 e. The molecule has 2 nitrogen and oxygen atoms in total. The van der Waals surface area contributed by atoms with Crippen LogP contribution in [-0.4, -0.2) is 18.3 Å². The first-order valence-electron chi connectivity index (χ1n) is 6.48. The Labute approximate surface area is 115 Å². The van der Waals surface area contributed by atoms with Crippen molar-refractivity contribution in [1.82, 2.24) is 0 Å². The fourth-order valence-corrected chi connectivity index (χ4v) is 3.13.